The van der Waals surface area contributed by atoms with Gasteiger partial charge in [-0.15, -0.1) is 0 Å². The summed E-state index contributed by atoms with van der Waals surface area (Å²) in [6.45, 7) is 6.89. The number of hydrogen-bond donors (Lipinski definition) is 1. The van der Waals surface area contributed by atoms with Gasteiger partial charge in [-0.05, 0) is 74.7 Å². The zero-order valence-corrected chi connectivity index (χ0v) is 24.0. The maximum atomic E-state index is 13.9. The smallest absolute Gasteiger partial charge is 0.264 e. The Morgan fingerprint density at radius 2 is 1.64 bits per heavy atom. The summed E-state index contributed by atoms with van der Waals surface area (Å²) in [7, 11) is -4.20. The molecule has 0 spiro atoms. The number of rotatable bonds is 11. The number of hydrogen-bond acceptors (Lipinski definition) is 4. The summed E-state index contributed by atoms with van der Waals surface area (Å²) >= 11 is 6.24. The molecular weight excluding hydrogens is 541 g/mol. The fourth-order valence-corrected chi connectivity index (χ4v) is 5.60. The van der Waals surface area contributed by atoms with Crippen molar-refractivity contribution in [3.05, 3.63) is 94.3 Å². The molecule has 0 aliphatic heterocycles. The molecule has 0 bridgehead atoms. The van der Waals surface area contributed by atoms with E-state index in [1.807, 2.05) is 13.8 Å². The molecule has 0 aliphatic rings. The van der Waals surface area contributed by atoms with Crippen molar-refractivity contribution < 1.29 is 22.4 Å². The molecule has 7 nitrogen and oxygen atoms in total. The fourth-order valence-electron chi connectivity index (χ4n) is 3.97. The van der Waals surface area contributed by atoms with Gasteiger partial charge in [-0.1, -0.05) is 54.4 Å². The molecule has 208 valence electrons. The van der Waals surface area contributed by atoms with Gasteiger partial charge in [0.05, 0.1) is 10.6 Å². The Balaban J connectivity index is 2.05. The Labute approximate surface area is 234 Å². The number of halogens is 2. The number of carbonyl (C=O) groups is 2. The van der Waals surface area contributed by atoms with Crippen molar-refractivity contribution in [1.29, 1.82) is 0 Å². The Kier molecular flexibility index (Phi) is 10.1. The number of anilines is 1. The first kappa shape index (κ1) is 30.1. The van der Waals surface area contributed by atoms with Gasteiger partial charge >= 0.3 is 0 Å². The van der Waals surface area contributed by atoms with E-state index in [2.05, 4.69) is 5.32 Å². The minimum atomic E-state index is -4.20. The summed E-state index contributed by atoms with van der Waals surface area (Å²) < 4.78 is 42.3. The lowest BCUT2D eigenvalue weighted by Crippen LogP contribution is -2.51. The minimum absolute atomic E-state index is 0.0131. The number of aryl methyl sites for hydroxylation is 2. The van der Waals surface area contributed by atoms with Gasteiger partial charge in [0.2, 0.25) is 11.8 Å². The zero-order valence-electron chi connectivity index (χ0n) is 22.4. The van der Waals surface area contributed by atoms with Crippen LogP contribution >= 0.6 is 11.6 Å². The highest BCUT2D eigenvalue weighted by Gasteiger charge is 2.33. The van der Waals surface area contributed by atoms with Gasteiger partial charge in [0, 0.05) is 18.1 Å². The van der Waals surface area contributed by atoms with Crippen LogP contribution in [0.15, 0.2) is 71.6 Å². The van der Waals surface area contributed by atoms with Gasteiger partial charge in [0.15, 0.2) is 0 Å². The predicted octanol–water partition coefficient (Wildman–Crippen LogP) is 5.23. The van der Waals surface area contributed by atoms with E-state index in [4.69, 9.17) is 11.6 Å². The Hall–Kier alpha value is -3.43. The predicted molar refractivity (Wildman–Crippen MR) is 152 cm³/mol. The van der Waals surface area contributed by atoms with Gasteiger partial charge in [-0.2, -0.15) is 0 Å². The van der Waals surface area contributed by atoms with Gasteiger partial charge in [0.25, 0.3) is 10.0 Å². The van der Waals surface area contributed by atoms with Crippen LogP contribution < -0.4 is 9.62 Å². The third-order valence-corrected chi connectivity index (χ3v) is 8.32. The summed E-state index contributed by atoms with van der Waals surface area (Å²) in [5.74, 6) is -1.41. The second kappa shape index (κ2) is 13.1. The molecule has 0 aromatic heterocycles. The highest BCUT2D eigenvalue weighted by atomic mass is 35.5. The third kappa shape index (κ3) is 7.58. The summed E-state index contributed by atoms with van der Waals surface area (Å²) in [6, 6.07) is 15.8. The lowest BCUT2D eigenvalue weighted by Gasteiger charge is -2.32. The van der Waals surface area contributed by atoms with Crippen LogP contribution in [0.1, 0.15) is 37.0 Å². The second-order valence-corrected chi connectivity index (χ2v) is 11.7. The van der Waals surface area contributed by atoms with E-state index in [-0.39, 0.29) is 23.0 Å². The third-order valence-electron chi connectivity index (χ3n) is 6.31. The van der Waals surface area contributed by atoms with Crippen LogP contribution in [0, 0.1) is 19.7 Å². The minimum Gasteiger partial charge on any atom is -0.354 e. The zero-order chi connectivity index (χ0) is 28.7. The lowest BCUT2D eigenvalue weighted by atomic mass is 10.1. The quantitative estimate of drug-likeness (QED) is 0.340. The van der Waals surface area contributed by atoms with Crippen molar-refractivity contribution in [3.63, 3.8) is 0 Å². The van der Waals surface area contributed by atoms with Crippen molar-refractivity contribution in [2.75, 3.05) is 17.4 Å². The molecule has 0 aliphatic carbocycles. The highest BCUT2D eigenvalue weighted by Crippen LogP contribution is 2.30. The van der Waals surface area contributed by atoms with Crippen LogP contribution in [0.25, 0.3) is 0 Å². The average molecular weight is 574 g/mol. The summed E-state index contributed by atoms with van der Waals surface area (Å²) in [6.07, 6.45) is 0.709. The molecule has 3 aromatic rings. The molecule has 10 heteroatoms. The monoisotopic (exact) mass is 573 g/mol. The van der Waals surface area contributed by atoms with Crippen molar-refractivity contribution in [2.24, 2.45) is 0 Å². The van der Waals surface area contributed by atoms with E-state index in [1.54, 1.807) is 38.1 Å². The number of carbonyl (C=O) groups excluding carboxylic acids is 2. The number of nitrogens with one attached hydrogen (secondary N) is 1. The van der Waals surface area contributed by atoms with E-state index in [1.165, 1.54) is 47.4 Å². The van der Waals surface area contributed by atoms with Crippen LogP contribution in [0.5, 0.6) is 0 Å². The van der Waals surface area contributed by atoms with E-state index in [0.29, 0.717) is 29.1 Å². The Morgan fingerprint density at radius 3 is 2.26 bits per heavy atom. The first-order valence-corrected chi connectivity index (χ1v) is 14.4. The maximum Gasteiger partial charge on any atom is 0.264 e. The van der Waals surface area contributed by atoms with Crippen molar-refractivity contribution in [3.8, 4) is 0 Å². The van der Waals surface area contributed by atoms with Crippen molar-refractivity contribution >= 4 is 39.1 Å². The first-order chi connectivity index (χ1) is 18.4. The molecule has 39 heavy (non-hydrogen) atoms. The van der Waals surface area contributed by atoms with Crippen molar-refractivity contribution in [2.45, 2.75) is 51.6 Å². The van der Waals surface area contributed by atoms with E-state index < -0.39 is 34.3 Å². The topological polar surface area (TPSA) is 86.8 Å². The summed E-state index contributed by atoms with van der Waals surface area (Å²) in [4.78, 5) is 28.1. The Bertz CT molecular complexity index is 1410. The van der Waals surface area contributed by atoms with Gasteiger partial charge < -0.3 is 10.2 Å². The largest absolute Gasteiger partial charge is 0.354 e. The molecule has 1 unspecified atom stereocenters. The molecule has 0 radical (unpaired) electrons. The second-order valence-electron chi connectivity index (χ2n) is 9.37. The van der Waals surface area contributed by atoms with E-state index >= 15 is 0 Å². The number of benzene rings is 3. The molecule has 2 amide bonds. The average Bonchev–Trinajstić information content (AvgIpc) is 2.91. The van der Waals surface area contributed by atoms with Crippen LogP contribution in [0.2, 0.25) is 5.02 Å². The number of amides is 2. The maximum absolute atomic E-state index is 13.9. The molecule has 3 rings (SSSR count). The van der Waals surface area contributed by atoms with Crippen LogP contribution in [-0.4, -0.2) is 44.3 Å². The number of sulfonamides is 1. The van der Waals surface area contributed by atoms with Gasteiger partial charge in [0.1, 0.15) is 18.4 Å². The number of nitrogens with zero attached hydrogens (tertiary/aromatic N) is 2. The summed E-state index contributed by atoms with van der Waals surface area (Å²) in [5, 5.41) is 3.09. The lowest BCUT2D eigenvalue weighted by molar-refractivity contribution is -0.139. The van der Waals surface area contributed by atoms with E-state index in [9.17, 15) is 22.4 Å². The molecule has 0 saturated carbocycles. The SMILES string of the molecule is CCCNC(=O)C(C)N(Cc1ccc(F)cc1)C(=O)CN(c1cc(Cl)ccc1C)S(=O)(=O)c1ccc(C)cc1. The van der Waals surface area contributed by atoms with Gasteiger partial charge in [-0.3, -0.25) is 13.9 Å². The normalized spacial score (nSPS) is 12.1. The molecule has 0 saturated heterocycles. The molecule has 1 N–H and O–H groups in total. The molecule has 0 heterocycles. The van der Waals surface area contributed by atoms with Crippen molar-refractivity contribution in [1.82, 2.24) is 10.2 Å². The van der Waals surface area contributed by atoms with E-state index in [0.717, 1.165) is 9.87 Å². The van der Waals surface area contributed by atoms with Crippen LogP contribution in [0.3, 0.4) is 0 Å². The van der Waals surface area contributed by atoms with Gasteiger partial charge in [-0.25, -0.2) is 12.8 Å². The molecule has 3 aromatic carbocycles. The molecular formula is C29H33ClFN3O4S. The van der Waals surface area contributed by atoms with Crippen LogP contribution in [-0.2, 0) is 26.2 Å². The molecule has 1 atom stereocenters. The summed E-state index contributed by atoms with van der Waals surface area (Å²) in [5.41, 5.74) is 2.32. The first-order valence-electron chi connectivity index (χ1n) is 12.6. The standard InChI is InChI=1S/C29H33ClFN3O4S/c1-5-16-32-29(36)22(4)33(18-23-9-12-25(31)13-10-23)28(35)19-34(27-17-24(30)11-8-21(27)3)39(37,38)26-14-6-20(2)7-15-26/h6-15,17,22H,5,16,18-19H2,1-4H3,(H,32,36). The fraction of sp³-hybridized carbons (Fsp3) is 0.310. The highest BCUT2D eigenvalue weighted by molar-refractivity contribution is 7.92. The van der Waals surface area contributed by atoms with Crippen LogP contribution in [0.4, 0.5) is 10.1 Å². The molecule has 0 fully saturated rings. The Morgan fingerprint density at radius 1 is 1.00 bits per heavy atom.